The number of hydrogen-bond acceptors (Lipinski definition) is 4. The number of anilines is 1. The van der Waals surface area contributed by atoms with Crippen LogP contribution in [0.4, 0.5) is 5.69 Å². The number of amides is 1. The first-order valence-electron chi connectivity index (χ1n) is 6.89. The molecule has 0 bridgehead atoms. The number of aromatic nitrogens is 4. The van der Waals surface area contributed by atoms with Crippen molar-refractivity contribution < 1.29 is 4.79 Å². The van der Waals surface area contributed by atoms with E-state index in [1.807, 2.05) is 0 Å². The van der Waals surface area contributed by atoms with Gasteiger partial charge >= 0.3 is 0 Å². The van der Waals surface area contributed by atoms with Crippen molar-refractivity contribution in [3.8, 4) is 0 Å². The van der Waals surface area contributed by atoms with Gasteiger partial charge in [0.25, 0.3) is 11.5 Å². The Balaban J connectivity index is 2.12. The van der Waals surface area contributed by atoms with Crippen molar-refractivity contribution in [2.75, 3.05) is 11.4 Å². The Kier molecular flexibility index (Phi) is 3.12. The van der Waals surface area contributed by atoms with Crippen LogP contribution in [0.3, 0.4) is 0 Å². The van der Waals surface area contributed by atoms with Crippen molar-refractivity contribution in [3.63, 3.8) is 0 Å². The summed E-state index contributed by atoms with van der Waals surface area (Å²) in [7, 11) is 1.56. The molecule has 0 spiro atoms. The van der Waals surface area contributed by atoms with Crippen molar-refractivity contribution in [2.24, 2.45) is 7.05 Å². The number of nitrogens with zero attached hydrogens (tertiary/aromatic N) is 4. The molecular weight excluding hydrogens is 270 g/mol. The molecule has 0 radical (unpaired) electrons. The third-order valence-electron chi connectivity index (χ3n) is 3.98. The van der Waals surface area contributed by atoms with E-state index in [-0.39, 0.29) is 17.0 Å². The summed E-state index contributed by atoms with van der Waals surface area (Å²) in [4.78, 5) is 26.8. The molecule has 1 amide bonds. The fourth-order valence-electron chi connectivity index (χ4n) is 2.70. The second-order valence-electron chi connectivity index (χ2n) is 5.31. The van der Waals surface area contributed by atoms with Gasteiger partial charge < -0.3 is 4.90 Å². The zero-order chi connectivity index (χ0) is 15.1. The van der Waals surface area contributed by atoms with Crippen molar-refractivity contribution in [2.45, 2.75) is 26.7 Å². The van der Waals surface area contributed by atoms with Crippen molar-refractivity contribution >= 4 is 11.6 Å². The molecule has 7 nitrogen and oxygen atoms in total. The minimum atomic E-state index is -0.362. The zero-order valence-electron chi connectivity index (χ0n) is 12.3. The number of aryl methyl sites for hydroxylation is 3. The Morgan fingerprint density at radius 1 is 1.38 bits per heavy atom. The quantitative estimate of drug-likeness (QED) is 0.837. The summed E-state index contributed by atoms with van der Waals surface area (Å²) < 4.78 is 1.22. The standard InChI is InChI=1S/C14H17N5O2/c1-8-9(2)17-18(3)13(20)12(8)14(21)19-6-4-5-10-11(19)7-15-16-10/h7H,4-6H2,1-3H3,(H,15,16). The molecule has 3 rings (SSSR count). The van der Waals surface area contributed by atoms with Crippen LogP contribution < -0.4 is 10.5 Å². The van der Waals surface area contributed by atoms with Crippen LogP contribution in [-0.4, -0.2) is 32.4 Å². The first kappa shape index (κ1) is 13.5. The highest BCUT2D eigenvalue weighted by Crippen LogP contribution is 2.26. The Morgan fingerprint density at radius 2 is 2.14 bits per heavy atom. The molecule has 1 aliphatic rings. The summed E-state index contributed by atoms with van der Waals surface area (Å²) in [5, 5.41) is 11.0. The maximum absolute atomic E-state index is 12.8. The summed E-state index contributed by atoms with van der Waals surface area (Å²) in [6.07, 6.45) is 3.36. The van der Waals surface area contributed by atoms with Crippen LogP contribution in [0.2, 0.25) is 0 Å². The summed E-state index contributed by atoms with van der Waals surface area (Å²) in [5.41, 5.74) is 2.86. The average molecular weight is 287 g/mol. The molecule has 1 N–H and O–H groups in total. The van der Waals surface area contributed by atoms with Gasteiger partial charge in [-0.05, 0) is 32.3 Å². The monoisotopic (exact) mass is 287 g/mol. The highest BCUT2D eigenvalue weighted by molar-refractivity contribution is 6.07. The van der Waals surface area contributed by atoms with Gasteiger partial charge in [0.15, 0.2) is 0 Å². The zero-order valence-corrected chi connectivity index (χ0v) is 12.3. The molecule has 0 saturated carbocycles. The highest BCUT2D eigenvalue weighted by atomic mass is 16.2. The van der Waals surface area contributed by atoms with Gasteiger partial charge in [-0.25, -0.2) is 4.68 Å². The molecule has 2 aromatic heterocycles. The lowest BCUT2D eigenvalue weighted by Crippen LogP contribution is -2.40. The topological polar surface area (TPSA) is 83.9 Å². The van der Waals surface area contributed by atoms with Crippen molar-refractivity contribution in [1.82, 2.24) is 20.0 Å². The number of nitrogens with one attached hydrogen (secondary N) is 1. The number of carbonyl (C=O) groups excluding carboxylic acids is 1. The van der Waals surface area contributed by atoms with E-state index >= 15 is 0 Å². The number of aromatic amines is 1. The molecule has 2 aromatic rings. The van der Waals surface area contributed by atoms with Crippen LogP contribution >= 0.6 is 0 Å². The molecule has 0 fully saturated rings. The summed E-state index contributed by atoms with van der Waals surface area (Å²) in [6, 6.07) is 0. The number of fused-ring (bicyclic) bond motifs is 1. The number of rotatable bonds is 1. The van der Waals surface area contributed by atoms with E-state index in [1.54, 1.807) is 32.0 Å². The Morgan fingerprint density at radius 3 is 2.90 bits per heavy atom. The summed E-state index contributed by atoms with van der Waals surface area (Å²) in [5.74, 6) is -0.277. The van der Waals surface area contributed by atoms with E-state index in [2.05, 4.69) is 15.3 Å². The highest BCUT2D eigenvalue weighted by Gasteiger charge is 2.28. The van der Waals surface area contributed by atoms with Gasteiger partial charge in [-0.3, -0.25) is 14.7 Å². The fraction of sp³-hybridized carbons (Fsp3) is 0.429. The smallest absolute Gasteiger partial charge is 0.279 e. The van der Waals surface area contributed by atoms with Gasteiger partial charge in [0, 0.05) is 13.6 Å². The molecule has 21 heavy (non-hydrogen) atoms. The minimum Gasteiger partial charge on any atom is -0.305 e. The van der Waals surface area contributed by atoms with Crippen LogP contribution in [0.1, 0.15) is 33.7 Å². The Labute approximate surface area is 121 Å². The number of hydrogen-bond donors (Lipinski definition) is 1. The molecule has 1 aliphatic heterocycles. The van der Waals surface area contributed by atoms with E-state index in [4.69, 9.17) is 0 Å². The molecule has 3 heterocycles. The van der Waals surface area contributed by atoms with Gasteiger partial charge in [-0.15, -0.1) is 0 Å². The van der Waals surface area contributed by atoms with Gasteiger partial charge in [0.05, 0.1) is 23.3 Å². The molecule has 110 valence electrons. The van der Waals surface area contributed by atoms with Crippen molar-refractivity contribution in [1.29, 1.82) is 0 Å². The van der Waals surface area contributed by atoms with Crippen LogP contribution in [0, 0.1) is 13.8 Å². The largest absolute Gasteiger partial charge is 0.305 e. The van der Waals surface area contributed by atoms with Gasteiger partial charge in [0.2, 0.25) is 0 Å². The second-order valence-corrected chi connectivity index (χ2v) is 5.31. The second kappa shape index (κ2) is 4.83. The fourth-order valence-corrected chi connectivity index (χ4v) is 2.70. The van der Waals surface area contributed by atoms with Gasteiger partial charge in [0.1, 0.15) is 5.56 Å². The predicted octanol–water partition coefficient (Wildman–Crippen LogP) is 0.713. The molecule has 0 unspecified atom stereocenters. The average Bonchev–Trinajstić information content (AvgIpc) is 2.93. The lowest BCUT2D eigenvalue weighted by atomic mass is 10.1. The minimum absolute atomic E-state index is 0.194. The van der Waals surface area contributed by atoms with E-state index in [9.17, 15) is 9.59 Å². The summed E-state index contributed by atoms with van der Waals surface area (Å²) >= 11 is 0. The van der Waals surface area contributed by atoms with Gasteiger partial charge in [-0.1, -0.05) is 0 Å². The molecule has 0 aliphatic carbocycles. The SMILES string of the molecule is Cc1nn(C)c(=O)c(C(=O)N2CCCc3[nH]ncc32)c1C. The molecule has 0 aromatic carbocycles. The summed E-state index contributed by atoms with van der Waals surface area (Å²) in [6.45, 7) is 4.15. The van der Waals surface area contributed by atoms with Crippen LogP contribution in [-0.2, 0) is 13.5 Å². The van der Waals surface area contributed by atoms with E-state index in [0.717, 1.165) is 24.2 Å². The first-order chi connectivity index (χ1) is 10.0. The van der Waals surface area contributed by atoms with Crippen molar-refractivity contribution in [3.05, 3.63) is 39.1 Å². The lowest BCUT2D eigenvalue weighted by molar-refractivity contribution is 0.0982. The first-order valence-corrected chi connectivity index (χ1v) is 6.89. The number of H-pyrrole nitrogens is 1. The maximum Gasteiger partial charge on any atom is 0.279 e. The Hall–Kier alpha value is -2.44. The predicted molar refractivity (Wildman–Crippen MR) is 77.5 cm³/mol. The van der Waals surface area contributed by atoms with Gasteiger partial charge in [-0.2, -0.15) is 10.2 Å². The van der Waals surface area contributed by atoms with E-state index in [1.165, 1.54) is 4.68 Å². The third-order valence-corrected chi connectivity index (χ3v) is 3.98. The van der Waals surface area contributed by atoms with Crippen LogP contribution in [0.5, 0.6) is 0 Å². The Bertz CT molecular complexity index is 774. The molecule has 0 saturated heterocycles. The lowest BCUT2D eigenvalue weighted by Gasteiger charge is -2.26. The van der Waals surface area contributed by atoms with E-state index < -0.39 is 0 Å². The maximum atomic E-state index is 12.8. The number of carbonyl (C=O) groups is 1. The third kappa shape index (κ3) is 2.05. The van der Waals surface area contributed by atoms with Crippen LogP contribution in [0.25, 0.3) is 0 Å². The normalized spacial score (nSPS) is 14.1. The molecule has 0 atom stereocenters. The molecule has 7 heteroatoms. The van der Waals surface area contributed by atoms with E-state index in [0.29, 0.717) is 17.8 Å². The van der Waals surface area contributed by atoms with Crippen LogP contribution in [0.15, 0.2) is 11.0 Å². The molecular formula is C14H17N5O2.